The number of nitrogens with zero attached hydrogens (tertiary/aromatic N) is 4. The van der Waals surface area contributed by atoms with Crippen LogP contribution in [0.25, 0.3) is 87.5 Å². The van der Waals surface area contributed by atoms with Gasteiger partial charge in [-0.15, -0.1) is 11.3 Å². The lowest BCUT2D eigenvalue weighted by atomic mass is 9.36. The fourth-order valence-electron chi connectivity index (χ4n) is 13.3. The second-order valence-corrected chi connectivity index (χ2v) is 24.5. The fraction of sp³-hybridized carbons (Fsp3) is 0.179. The summed E-state index contributed by atoms with van der Waals surface area (Å²) in [6, 6.07) is 66.7. The van der Waals surface area contributed by atoms with Gasteiger partial charge in [0.1, 0.15) is 0 Å². The van der Waals surface area contributed by atoms with Crippen LogP contribution in [0.5, 0.6) is 0 Å². The summed E-state index contributed by atoms with van der Waals surface area (Å²) in [6.07, 6.45) is 4.42. The lowest BCUT2D eigenvalue weighted by Gasteiger charge is -2.43. The van der Waals surface area contributed by atoms with Gasteiger partial charge in [0.2, 0.25) is 0 Å². The Labute approximate surface area is 431 Å². The molecule has 0 saturated heterocycles. The second kappa shape index (κ2) is 15.0. The Balaban J connectivity index is 1.11. The highest BCUT2D eigenvalue weighted by Crippen LogP contribution is 2.52. The molecule has 8 aromatic carbocycles. The first-order valence-electron chi connectivity index (χ1n) is 26.1. The van der Waals surface area contributed by atoms with Crippen LogP contribution in [0.4, 0.5) is 17.1 Å². The van der Waals surface area contributed by atoms with E-state index in [1.807, 2.05) is 11.3 Å². The van der Waals surface area contributed by atoms with Crippen LogP contribution < -0.4 is 20.6 Å². The largest absolute Gasteiger partial charge is 0.310 e. The van der Waals surface area contributed by atoms with E-state index in [2.05, 4.69) is 245 Å². The van der Waals surface area contributed by atoms with Crippen molar-refractivity contribution in [2.24, 2.45) is 0 Å². The van der Waals surface area contributed by atoms with Gasteiger partial charge < -0.3 is 14.0 Å². The maximum Gasteiger partial charge on any atom is 0.264 e. The van der Waals surface area contributed by atoms with Crippen LogP contribution in [0.15, 0.2) is 182 Å². The zero-order valence-electron chi connectivity index (χ0n) is 42.5. The molecule has 1 aliphatic carbocycles. The molecule has 3 aliphatic rings. The zero-order valence-corrected chi connectivity index (χ0v) is 43.3. The third-order valence-corrected chi connectivity index (χ3v) is 18.4. The Hall–Kier alpha value is -7.67. The topological polar surface area (TPSA) is 26.0 Å². The molecule has 0 atom stereocenters. The third kappa shape index (κ3) is 6.05. The summed E-state index contributed by atoms with van der Waals surface area (Å²) >= 11 is 1.99. The summed E-state index contributed by atoms with van der Waals surface area (Å²) in [6.45, 7) is 16.8. The quantitative estimate of drug-likeness (QED) is 0.164. The van der Waals surface area contributed by atoms with Gasteiger partial charge in [-0.3, -0.25) is 4.98 Å². The average molecular weight is 959 g/mol. The maximum atomic E-state index is 5.18. The molecule has 15 rings (SSSR count). The molecule has 0 N–H and O–H groups in total. The zero-order chi connectivity index (χ0) is 49.3. The molecular formula is C67H55BN4S. The van der Waals surface area contributed by atoms with Crippen molar-refractivity contribution in [3.05, 3.63) is 199 Å². The van der Waals surface area contributed by atoms with Gasteiger partial charge in [0.25, 0.3) is 6.71 Å². The van der Waals surface area contributed by atoms with E-state index < -0.39 is 0 Å². The van der Waals surface area contributed by atoms with Crippen LogP contribution in [-0.4, -0.2) is 20.8 Å². The lowest BCUT2D eigenvalue weighted by Crippen LogP contribution is -2.59. The molecule has 6 heteroatoms. The molecule has 12 aromatic rings. The maximum absolute atomic E-state index is 5.18. The number of fused-ring (bicyclic) bond motifs is 14. The molecular weight excluding hydrogens is 904 g/mol. The van der Waals surface area contributed by atoms with Crippen molar-refractivity contribution in [3.63, 3.8) is 0 Å². The van der Waals surface area contributed by atoms with Gasteiger partial charge in [-0.1, -0.05) is 164 Å². The molecule has 2 aliphatic heterocycles. The molecule has 0 bridgehead atoms. The van der Waals surface area contributed by atoms with E-state index in [4.69, 9.17) is 4.98 Å². The summed E-state index contributed by atoms with van der Waals surface area (Å²) < 4.78 is 7.92. The second-order valence-electron chi connectivity index (χ2n) is 23.4. The minimum atomic E-state index is -0.0218. The normalized spacial score (nSPS) is 15.4. The van der Waals surface area contributed by atoms with Crippen LogP contribution in [0.3, 0.4) is 0 Å². The molecule has 4 aromatic heterocycles. The van der Waals surface area contributed by atoms with Gasteiger partial charge in [0, 0.05) is 82.0 Å². The van der Waals surface area contributed by atoms with Crippen molar-refractivity contribution in [2.45, 2.75) is 77.6 Å². The number of thiophene rings is 1. The predicted molar refractivity (Wildman–Crippen MR) is 312 cm³/mol. The van der Waals surface area contributed by atoms with E-state index >= 15 is 0 Å². The van der Waals surface area contributed by atoms with E-state index in [1.165, 1.54) is 115 Å². The van der Waals surface area contributed by atoms with Crippen LogP contribution in [0, 0.1) is 0 Å². The number of aromatic nitrogens is 3. The number of hydrogen-bond donors (Lipinski definition) is 0. The SMILES string of the molecule is CC(C)(C)c1ccc2sc3c(c2c1)N(c1ccc2c(c1)C(C)(C)CCC2(C)C)c1cc(-c2ccc(-c4ccccc4)nc2)cc2c1B3c1cccc3c4ccc5c6ccccc6n(-c6ccccc6)c5c4n-2c13. The lowest BCUT2D eigenvalue weighted by molar-refractivity contribution is 0.332. The first kappa shape index (κ1) is 43.0. The van der Waals surface area contributed by atoms with Crippen LogP contribution >= 0.6 is 11.3 Å². The van der Waals surface area contributed by atoms with Crippen molar-refractivity contribution in [1.29, 1.82) is 0 Å². The van der Waals surface area contributed by atoms with Gasteiger partial charge in [-0.05, 0) is 123 Å². The summed E-state index contributed by atoms with van der Waals surface area (Å²) in [4.78, 5) is 7.87. The molecule has 0 spiro atoms. The Morgan fingerprint density at radius 2 is 1.21 bits per heavy atom. The highest BCUT2D eigenvalue weighted by molar-refractivity contribution is 7.33. The molecule has 73 heavy (non-hydrogen) atoms. The smallest absolute Gasteiger partial charge is 0.264 e. The summed E-state index contributed by atoms with van der Waals surface area (Å²) in [5.74, 6) is 0. The Bertz CT molecular complexity index is 4300. The molecule has 0 amide bonds. The van der Waals surface area contributed by atoms with Crippen LogP contribution in [0.1, 0.15) is 78.0 Å². The van der Waals surface area contributed by atoms with Crippen LogP contribution in [0.2, 0.25) is 0 Å². The minimum Gasteiger partial charge on any atom is -0.310 e. The van der Waals surface area contributed by atoms with Crippen LogP contribution in [-0.2, 0) is 16.2 Å². The van der Waals surface area contributed by atoms with Crippen molar-refractivity contribution in [3.8, 4) is 33.8 Å². The van der Waals surface area contributed by atoms with Gasteiger partial charge in [0.05, 0.1) is 27.9 Å². The summed E-state index contributed by atoms with van der Waals surface area (Å²) in [5, 5.41) is 6.38. The molecule has 0 saturated carbocycles. The monoisotopic (exact) mass is 958 g/mol. The standard InChI is InChI=1S/C67H55BN4S/c1-65(2,3)43-26-32-58-50(37-43)63-64(73-58)68-53-23-16-22-47-49-29-28-48-46-21-14-15-24-55(46)70(44-19-12-9-13-20-44)61(48)62(49)72(60(47)53)57-36-42(41-25-31-54(69-39-41)40-17-10-8-11-18-40)35-56(59(57)68)71(63)45-27-30-51-52(38-45)67(6,7)34-33-66(51,4)5/h8-32,35-39H,33-34H2,1-7H3. The fourth-order valence-corrected chi connectivity index (χ4v) is 14.6. The first-order valence-corrected chi connectivity index (χ1v) is 26.9. The van der Waals surface area contributed by atoms with Crippen molar-refractivity contribution >= 4 is 105 Å². The molecule has 6 heterocycles. The Kier molecular flexibility index (Phi) is 8.81. The number of anilines is 3. The molecule has 352 valence electrons. The molecule has 4 nitrogen and oxygen atoms in total. The average Bonchev–Trinajstić information content (AvgIpc) is 4.09. The number of benzene rings is 8. The van der Waals surface area contributed by atoms with E-state index in [1.54, 1.807) is 0 Å². The summed E-state index contributed by atoms with van der Waals surface area (Å²) in [7, 11) is 0. The number of pyridine rings is 1. The third-order valence-electron chi connectivity index (χ3n) is 17.1. The molecule has 0 fully saturated rings. The molecule has 0 unspecified atom stereocenters. The van der Waals surface area contributed by atoms with Crippen molar-refractivity contribution in [2.75, 3.05) is 4.90 Å². The number of para-hydroxylation sites is 3. The minimum absolute atomic E-state index is 0.00311. The highest BCUT2D eigenvalue weighted by atomic mass is 32.1. The van der Waals surface area contributed by atoms with Crippen molar-refractivity contribution < 1.29 is 0 Å². The summed E-state index contributed by atoms with van der Waals surface area (Å²) in [5.41, 5.74) is 22.5. The van der Waals surface area contributed by atoms with E-state index in [9.17, 15) is 0 Å². The highest BCUT2D eigenvalue weighted by Gasteiger charge is 2.46. The van der Waals surface area contributed by atoms with Gasteiger partial charge in [0.15, 0.2) is 0 Å². The van der Waals surface area contributed by atoms with Gasteiger partial charge in [-0.2, -0.15) is 0 Å². The Morgan fingerprint density at radius 3 is 1.97 bits per heavy atom. The Morgan fingerprint density at radius 1 is 0.521 bits per heavy atom. The first-order chi connectivity index (χ1) is 35.3. The van der Waals surface area contributed by atoms with Gasteiger partial charge >= 0.3 is 0 Å². The number of hydrogen-bond acceptors (Lipinski definition) is 3. The molecule has 0 radical (unpaired) electrons. The van der Waals surface area contributed by atoms with E-state index in [0.29, 0.717) is 0 Å². The van der Waals surface area contributed by atoms with E-state index in [0.717, 1.165) is 34.5 Å². The number of rotatable bonds is 4. The van der Waals surface area contributed by atoms with Gasteiger partial charge in [-0.25, -0.2) is 0 Å². The van der Waals surface area contributed by atoms with E-state index in [-0.39, 0.29) is 23.0 Å². The van der Waals surface area contributed by atoms with Crippen molar-refractivity contribution in [1.82, 2.24) is 14.1 Å². The predicted octanol–water partition coefficient (Wildman–Crippen LogP) is 16.1.